The minimum atomic E-state index is -0.0836. The molecular formula is C23H32N6O2. The molecule has 0 bridgehead atoms. The topological polar surface area (TPSA) is 101 Å². The number of piperazine rings is 1. The highest BCUT2D eigenvalue weighted by Crippen LogP contribution is 2.40. The number of nitrogens with zero attached hydrogens (tertiary/aromatic N) is 4. The van der Waals surface area contributed by atoms with Gasteiger partial charge in [0.1, 0.15) is 23.5 Å². The lowest BCUT2D eigenvalue weighted by Crippen LogP contribution is -2.53. The van der Waals surface area contributed by atoms with Crippen molar-refractivity contribution in [2.24, 2.45) is 0 Å². The van der Waals surface area contributed by atoms with Crippen LogP contribution in [0.5, 0.6) is 5.75 Å². The van der Waals surface area contributed by atoms with E-state index in [9.17, 15) is 0 Å². The molecule has 2 heterocycles. The van der Waals surface area contributed by atoms with E-state index in [1.807, 2.05) is 18.2 Å². The number of rotatable bonds is 8. The molecule has 2 fully saturated rings. The zero-order valence-electron chi connectivity index (χ0n) is 18.6. The van der Waals surface area contributed by atoms with Gasteiger partial charge in [-0.3, -0.25) is 10.3 Å². The fourth-order valence-electron chi connectivity index (χ4n) is 3.92. The summed E-state index contributed by atoms with van der Waals surface area (Å²) in [6.45, 7) is 8.69. The lowest BCUT2D eigenvalue weighted by molar-refractivity contribution is 0.117. The number of aromatic nitrogens is 2. The Labute approximate surface area is 183 Å². The van der Waals surface area contributed by atoms with Crippen LogP contribution in [0.2, 0.25) is 0 Å². The van der Waals surface area contributed by atoms with Crippen LogP contribution in [0.15, 0.2) is 30.6 Å². The van der Waals surface area contributed by atoms with E-state index in [0.717, 1.165) is 57.2 Å². The Bertz CT molecular complexity index is 945. The lowest BCUT2D eigenvalue weighted by atomic mass is 10.0. The molecule has 31 heavy (non-hydrogen) atoms. The standard InChI is InChI=1S/C23H32N6O2/c1-16-14-29(9-8-28(16)10-11-30-3)21-13-20(26-15-27-21)22(25)18-12-17(4-5-19(18)24)31-23(2)6-7-23/h4-5,12-13,15-16,25H,6-11,14,24H2,1-3H3. The van der Waals surface area contributed by atoms with E-state index in [0.29, 0.717) is 23.0 Å². The molecule has 2 aliphatic rings. The Morgan fingerprint density at radius 2 is 2.06 bits per heavy atom. The number of ether oxygens (including phenoxy) is 2. The summed E-state index contributed by atoms with van der Waals surface area (Å²) in [4.78, 5) is 13.5. The van der Waals surface area contributed by atoms with Crippen LogP contribution >= 0.6 is 0 Å². The van der Waals surface area contributed by atoms with Gasteiger partial charge in [-0.2, -0.15) is 0 Å². The van der Waals surface area contributed by atoms with Crippen LogP contribution in [0.3, 0.4) is 0 Å². The zero-order valence-corrected chi connectivity index (χ0v) is 18.6. The quantitative estimate of drug-likeness (QED) is 0.496. The van der Waals surface area contributed by atoms with Gasteiger partial charge in [-0.05, 0) is 44.9 Å². The first kappa shape index (κ1) is 21.5. The van der Waals surface area contributed by atoms with E-state index in [4.69, 9.17) is 20.6 Å². The third kappa shape index (κ3) is 4.97. The van der Waals surface area contributed by atoms with Gasteiger partial charge in [0.15, 0.2) is 0 Å². The van der Waals surface area contributed by atoms with Crippen LogP contribution < -0.4 is 15.4 Å². The molecule has 1 aromatic heterocycles. The average Bonchev–Trinajstić information content (AvgIpc) is 3.50. The molecule has 1 saturated carbocycles. The zero-order chi connectivity index (χ0) is 22.0. The number of nitrogens with one attached hydrogen (secondary N) is 1. The van der Waals surface area contributed by atoms with Crippen molar-refractivity contribution in [3.05, 3.63) is 41.9 Å². The molecule has 3 N–H and O–H groups in total. The first-order chi connectivity index (χ1) is 14.9. The van der Waals surface area contributed by atoms with Crippen LogP contribution in [-0.2, 0) is 4.74 Å². The van der Waals surface area contributed by atoms with Gasteiger partial charge >= 0.3 is 0 Å². The van der Waals surface area contributed by atoms with Crippen LogP contribution in [0, 0.1) is 5.41 Å². The summed E-state index contributed by atoms with van der Waals surface area (Å²) in [6.07, 6.45) is 3.64. The van der Waals surface area contributed by atoms with Crippen LogP contribution in [0.1, 0.15) is 37.9 Å². The minimum Gasteiger partial charge on any atom is -0.488 e. The second-order valence-electron chi connectivity index (χ2n) is 8.76. The highest BCUT2D eigenvalue weighted by atomic mass is 16.5. The number of hydrogen-bond donors (Lipinski definition) is 2. The molecule has 1 aliphatic heterocycles. The smallest absolute Gasteiger partial charge is 0.132 e. The molecule has 0 spiro atoms. The molecule has 0 radical (unpaired) electrons. The molecular weight excluding hydrogens is 392 g/mol. The molecule has 1 aliphatic carbocycles. The molecule has 2 aromatic rings. The Balaban J connectivity index is 1.49. The van der Waals surface area contributed by atoms with Crippen molar-refractivity contribution in [3.8, 4) is 5.75 Å². The van der Waals surface area contributed by atoms with Crippen molar-refractivity contribution < 1.29 is 9.47 Å². The highest BCUT2D eigenvalue weighted by Gasteiger charge is 2.40. The van der Waals surface area contributed by atoms with Crippen molar-refractivity contribution in [2.45, 2.75) is 38.3 Å². The molecule has 1 aromatic carbocycles. The van der Waals surface area contributed by atoms with Gasteiger partial charge in [0, 0.05) is 56.6 Å². The summed E-state index contributed by atoms with van der Waals surface area (Å²) in [6, 6.07) is 7.80. The van der Waals surface area contributed by atoms with Crippen molar-refractivity contribution in [1.82, 2.24) is 14.9 Å². The van der Waals surface area contributed by atoms with E-state index in [1.54, 1.807) is 13.2 Å². The number of hydrogen-bond acceptors (Lipinski definition) is 8. The highest BCUT2D eigenvalue weighted by molar-refractivity contribution is 6.13. The summed E-state index contributed by atoms with van der Waals surface area (Å²) in [5.41, 5.74) is 8.11. The minimum absolute atomic E-state index is 0.0836. The van der Waals surface area contributed by atoms with Crippen LogP contribution in [0.4, 0.5) is 11.5 Å². The third-order valence-corrected chi connectivity index (χ3v) is 6.19. The van der Waals surface area contributed by atoms with Crippen LogP contribution in [0.25, 0.3) is 0 Å². The van der Waals surface area contributed by atoms with Gasteiger partial charge in [0.05, 0.1) is 18.0 Å². The summed E-state index contributed by atoms with van der Waals surface area (Å²) in [5, 5.41) is 8.75. The fourth-order valence-corrected chi connectivity index (χ4v) is 3.92. The second-order valence-corrected chi connectivity index (χ2v) is 8.76. The fraction of sp³-hybridized carbons (Fsp3) is 0.522. The van der Waals surface area contributed by atoms with E-state index in [-0.39, 0.29) is 11.3 Å². The molecule has 4 rings (SSSR count). The molecule has 1 atom stereocenters. The predicted octanol–water partition coefficient (Wildman–Crippen LogP) is 2.56. The summed E-state index contributed by atoms with van der Waals surface area (Å²) >= 11 is 0. The van der Waals surface area contributed by atoms with E-state index in [1.165, 1.54) is 6.33 Å². The largest absolute Gasteiger partial charge is 0.488 e. The van der Waals surface area contributed by atoms with Crippen molar-refractivity contribution in [3.63, 3.8) is 0 Å². The molecule has 8 heteroatoms. The Hall–Kier alpha value is -2.71. The molecule has 166 valence electrons. The third-order valence-electron chi connectivity index (χ3n) is 6.19. The molecule has 1 saturated heterocycles. The van der Waals surface area contributed by atoms with Crippen LogP contribution in [-0.4, -0.2) is 72.1 Å². The molecule has 1 unspecified atom stereocenters. The second kappa shape index (κ2) is 8.80. The Kier molecular flexibility index (Phi) is 6.11. The maximum Gasteiger partial charge on any atom is 0.132 e. The van der Waals surface area contributed by atoms with Crippen molar-refractivity contribution >= 4 is 17.2 Å². The number of anilines is 2. The van der Waals surface area contributed by atoms with Gasteiger partial charge < -0.3 is 20.1 Å². The monoisotopic (exact) mass is 424 g/mol. The van der Waals surface area contributed by atoms with Gasteiger partial charge in [-0.15, -0.1) is 0 Å². The summed E-state index contributed by atoms with van der Waals surface area (Å²) in [7, 11) is 1.74. The van der Waals surface area contributed by atoms with E-state index < -0.39 is 0 Å². The first-order valence-corrected chi connectivity index (χ1v) is 10.9. The van der Waals surface area contributed by atoms with Gasteiger partial charge in [-0.1, -0.05) is 0 Å². The lowest BCUT2D eigenvalue weighted by Gasteiger charge is -2.40. The maximum absolute atomic E-state index is 8.75. The molecule has 8 nitrogen and oxygen atoms in total. The molecule has 0 amide bonds. The normalized spacial score (nSPS) is 20.5. The number of methoxy groups -OCH3 is 1. The van der Waals surface area contributed by atoms with Gasteiger partial charge in [-0.25, -0.2) is 9.97 Å². The summed E-state index contributed by atoms with van der Waals surface area (Å²) in [5.74, 6) is 1.58. The Morgan fingerprint density at radius 3 is 2.77 bits per heavy atom. The summed E-state index contributed by atoms with van der Waals surface area (Å²) < 4.78 is 11.3. The maximum atomic E-state index is 8.75. The SMILES string of the molecule is COCCN1CCN(c2cc(C(=N)c3cc(OC4(C)CC4)ccc3N)ncn2)CC1C. The van der Waals surface area contributed by atoms with E-state index >= 15 is 0 Å². The number of nitrogen functional groups attached to an aromatic ring is 1. The number of nitrogens with two attached hydrogens (primary N) is 1. The Morgan fingerprint density at radius 1 is 1.26 bits per heavy atom. The van der Waals surface area contributed by atoms with Crippen molar-refractivity contribution in [1.29, 1.82) is 5.41 Å². The number of benzene rings is 1. The van der Waals surface area contributed by atoms with Gasteiger partial charge in [0.25, 0.3) is 0 Å². The van der Waals surface area contributed by atoms with E-state index in [2.05, 4.69) is 33.6 Å². The first-order valence-electron chi connectivity index (χ1n) is 10.9. The van der Waals surface area contributed by atoms with Gasteiger partial charge in [0.2, 0.25) is 0 Å². The predicted molar refractivity (Wildman–Crippen MR) is 122 cm³/mol. The van der Waals surface area contributed by atoms with Crippen molar-refractivity contribution in [2.75, 3.05) is 50.5 Å². The average molecular weight is 425 g/mol.